The number of anilines is 3. The fourth-order valence-corrected chi connectivity index (χ4v) is 10.3. The van der Waals surface area contributed by atoms with Gasteiger partial charge in [0.2, 0.25) is 0 Å². The molecule has 2 nitrogen and oxygen atoms in total. The van der Waals surface area contributed by atoms with Gasteiger partial charge in [0.25, 0.3) is 0 Å². The van der Waals surface area contributed by atoms with Gasteiger partial charge in [-0.05, 0) is 104 Å². The summed E-state index contributed by atoms with van der Waals surface area (Å²) in [5, 5.41) is 9.83. The van der Waals surface area contributed by atoms with Gasteiger partial charge in [0.05, 0.1) is 10.4 Å². The number of fused-ring (bicyclic) bond motifs is 9. The van der Waals surface area contributed by atoms with Crippen LogP contribution in [0.25, 0.3) is 97.0 Å². The van der Waals surface area contributed by atoms with Crippen LogP contribution < -0.4 is 4.90 Å². The SMILES string of the molecule is c1ccc(-c2cc(-c3cccc4c3oc3ccccc34)cc(N(c3ccc(-c4cc5ccccc5c5ccccc45)cc3)c3cccc4c3sc3ccccc34)c2)cc1. The minimum Gasteiger partial charge on any atom is -0.455 e. The van der Waals surface area contributed by atoms with Crippen molar-refractivity contribution in [1.82, 2.24) is 0 Å². The van der Waals surface area contributed by atoms with Gasteiger partial charge in [0.15, 0.2) is 0 Å². The van der Waals surface area contributed by atoms with Crippen molar-refractivity contribution < 1.29 is 4.42 Å². The van der Waals surface area contributed by atoms with E-state index in [2.05, 4.69) is 211 Å². The summed E-state index contributed by atoms with van der Waals surface area (Å²) in [4.78, 5) is 2.45. The Bertz CT molecular complexity index is 3560. The molecule has 12 aromatic rings. The Kier molecular flexibility index (Phi) is 7.75. The van der Waals surface area contributed by atoms with E-state index in [4.69, 9.17) is 4.42 Å². The van der Waals surface area contributed by atoms with Crippen molar-refractivity contribution in [2.75, 3.05) is 4.90 Å². The van der Waals surface area contributed by atoms with Crippen LogP contribution in [0.4, 0.5) is 17.1 Å². The van der Waals surface area contributed by atoms with Crippen molar-refractivity contribution in [3.05, 3.63) is 212 Å². The van der Waals surface area contributed by atoms with Gasteiger partial charge in [-0.2, -0.15) is 0 Å². The molecule has 0 fully saturated rings. The Hall–Kier alpha value is -7.46. The topological polar surface area (TPSA) is 16.4 Å². The van der Waals surface area contributed by atoms with Crippen LogP contribution in [-0.4, -0.2) is 0 Å². The molecule has 0 saturated heterocycles. The maximum absolute atomic E-state index is 6.65. The summed E-state index contributed by atoms with van der Waals surface area (Å²) in [6, 6.07) is 77.0. The zero-order valence-electron chi connectivity index (χ0n) is 32.0. The normalized spacial score (nSPS) is 11.7. The molecule has 0 aliphatic carbocycles. The molecule has 12 rings (SSSR count). The first-order valence-electron chi connectivity index (χ1n) is 20.1. The van der Waals surface area contributed by atoms with Gasteiger partial charge in [0, 0.05) is 43.2 Å². The molecule has 276 valence electrons. The van der Waals surface area contributed by atoms with Crippen LogP contribution in [0.15, 0.2) is 217 Å². The van der Waals surface area contributed by atoms with Gasteiger partial charge in [-0.25, -0.2) is 0 Å². The minimum absolute atomic E-state index is 0.895. The predicted molar refractivity (Wildman–Crippen MR) is 253 cm³/mol. The molecular formula is C56H35NOS. The molecule has 10 aromatic carbocycles. The second-order valence-electron chi connectivity index (χ2n) is 15.2. The average Bonchev–Trinajstić information content (AvgIpc) is 3.89. The van der Waals surface area contributed by atoms with E-state index in [1.54, 1.807) is 0 Å². The lowest BCUT2D eigenvalue weighted by molar-refractivity contribution is 0.670. The zero-order chi connectivity index (χ0) is 38.9. The Balaban J connectivity index is 1.10. The van der Waals surface area contributed by atoms with Crippen LogP contribution in [-0.2, 0) is 0 Å². The highest BCUT2D eigenvalue weighted by Crippen LogP contribution is 2.47. The molecular weight excluding hydrogens is 735 g/mol. The number of furan rings is 1. The Morgan fingerprint density at radius 2 is 1.02 bits per heavy atom. The Morgan fingerprint density at radius 1 is 0.356 bits per heavy atom. The molecule has 0 radical (unpaired) electrons. The van der Waals surface area contributed by atoms with Gasteiger partial charge in [-0.3, -0.25) is 0 Å². The van der Waals surface area contributed by atoms with Crippen LogP contribution in [0.2, 0.25) is 0 Å². The van der Waals surface area contributed by atoms with Crippen LogP contribution >= 0.6 is 11.3 Å². The summed E-state index contributed by atoms with van der Waals surface area (Å²) >= 11 is 1.86. The first-order chi connectivity index (χ1) is 29.2. The first-order valence-corrected chi connectivity index (χ1v) is 20.9. The highest BCUT2D eigenvalue weighted by molar-refractivity contribution is 7.26. The third kappa shape index (κ3) is 5.55. The molecule has 2 heterocycles. The molecule has 0 atom stereocenters. The molecule has 0 aliphatic rings. The van der Waals surface area contributed by atoms with E-state index in [0.717, 1.165) is 61.3 Å². The number of thiophene rings is 1. The Labute approximate surface area is 345 Å². The van der Waals surface area contributed by atoms with Crippen molar-refractivity contribution in [1.29, 1.82) is 0 Å². The fraction of sp³-hybridized carbons (Fsp3) is 0. The van der Waals surface area contributed by atoms with Gasteiger partial charge < -0.3 is 9.32 Å². The summed E-state index contributed by atoms with van der Waals surface area (Å²) < 4.78 is 9.18. The predicted octanol–water partition coefficient (Wildman–Crippen LogP) is 16.7. The van der Waals surface area contributed by atoms with Crippen molar-refractivity contribution in [2.24, 2.45) is 0 Å². The van der Waals surface area contributed by atoms with E-state index >= 15 is 0 Å². The lowest BCUT2D eigenvalue weighted by atomic mass is 9.93. The molecule has 2 aromatic heterocycles. The molecule has 3 heteroatoms. The van der Waals surface area contributed by atoms with Gasteiger partial charge >= 0.3 is 0 Å². The number of nitrogens with zero attached hydrogens (tertiary/aromatic N) is 1. The number of rotatable bonds is 6. The monoisotopic (exact) mass is 769 g/mol. The smallest absolute Gasteiger partial charge is 0.143 e. The van der Waals surface area contributed by atoms with Crippen LogP contribution in [0, 0.1) is 0 Å². The van der Waals surface area contributed by atoms with E-state index in [-0.39, 0.29) is 0 Å². The standard InChI is InChI=1S/C56H35NOS/c1-2-14-36(15-3-1)39-32-40(44-22-12-23-49-47-20-8-10-26-53(47)58-55(44)49)34-42(33-39)57(52-25-13-24-50-48-21-9-11-27-54(48)59-56(50)52)41-30-28-37(29-31-41)51-35-38-16-4-5-17-43(38)45-18-6-7-19-46(45)51/h1-35H. The van der Waals surface area contributed by atoms with Gasteiger partial charge in [-0.1, -0.05) is 158 Å². The Morgan fingerprint density at radius 3 is 1.88 bits per heavy atom. The number of hydrogen-bond donors (Lipinski definition) is 0. The lowest BCUT2D eigenvalue weighted by Crippen LogP contribution is -2.10. The highest BCUT2D eigenvalue weighted by atomic mass is 32.1. The van der Waals surface area contributed by atoms with E-state index < -0.39 is 0 Å². The summed E-state index contributed by atoms with van der Waals surface area (Å²) in [6.45, 7) is 0. The maximum Gasteiger partial charge on any atom is 0.143 e. The third-order valence-corrected chi connectivity index (χ3v) is 13.0. The second-order valence-corrected chi connectivity index (χ2v) is 16.3. The van der Waals surface area contributed by atoms with Crippen molar-refractivity contribution in [3.63, 3.8) is 0 Å². The summed E-state index contributed by atoms with van der Waals surface area (Å²) in [6.07, 6.45) is 0. The number of para-hydroxylation sites is 2. The molecule has 0 unspecified atom stereocenters. The third-order valence-electron chi connectivity index (χ3n) is 11.8. The van der Waals surface area contributed by atoms with Gasteiger partial charge in [0.1, 0.15) is 11.2 Å². The van der Waals surface area contributed by atoms with E-state index in [0.29, 0.717) is 0 Å². The van der Waals surface area contributed by atoms with Crippen molar-refractivity contribution in [2.45, 2.75) is 0 Å². The summed E-state index contributed by atoms with van der Waals surface area (Å²) in [5.41, 5.74) is 12.0. The molecule has 0 aliphatic heterocycles. The largest absolute Gasteiger partial charge is 0.455 e. The number of benzene rings is 10. The fourth-order valence-electron chi connectivity index (χ4n) is 9.09. The second kappa shape index (κ2) is 13.6. The minimum atomic E-state index is 0.895. The quantitative estimate of drug-likeness (QED) is 0.157. The average molecular weight is 770 g/mol. The summed E-state index contributed by atoms with van der Waals surface area (Å²) in [5.74, 6) is 0. The highest BCUT2D eigenvalue weighted by Gasteiger charge is 2.22. The molecule has 0 amide bonds. The molecule has 0 bridgehead atoms. The van der Waals surface area contributed by atoms with Crippen molar-refractivity contribution in [3.8, 4) is 33.4 Å². The van der Waals surface area contributed by atoms with Crippen LogP contribution in [0.1, 0.15) is 0 Å². The first kappa shape index (κ1) is 33.7. The summed E-state index contributed by atoms with van der Waals surface area (Å²) in [7, 11) is 0. The molecule has 0 saturated carbocycles. The molecule has 0 spiro atoms. The molecule has 0 N–H and O–H groups in total. The lowest BCUT2D eigenvalue weighted by Gasteiger charge is -2.27. The van der Waals surface area contributed by atoms with E-state index in [1.807, 2.05) is 17.4 Å². The zero-order valence-corrected chi connectivity index (χ0v) is 32.8. The van der Waals surface area contributed by atoms with E-state index in [9.17, 15) is 0 Å². The van der Waals surface area contributed by atoms with E-state index in [1.165, 1.54) is 52.8 Å². The maximum atomic E-state index is 6.65. The van der Waals surface area contributed by atoms with Crippen LogP contribution in [0.3, 0.4) is 0 Å². The molecule has 59 heavy (non-hydrogen) atoms. The van der Waals surface area contributed by atoms with Gasteiger partial charge in [-0.15, -0.1) is 11.3 Å². The number of hydrogen-bond acceptors (Lipinski definition) is 3. The van der Waals surface area contributed by atoms with Crippen LogP contribution in [0.5, 0.6) is 0 Å². The van der Waals surface area contributed by atoms with Crippen molar-refractivity contribution >= 4 is 92.1 Å².